The van der Waals surface area contributed by atoms with Crippen molar-refractivity contribution in [1.29, 1.82) is 0 Å². The van der Waals surface area contributed by atoms with Crippen molar-refractivity contribution in [1.82, 2.24) is 9.97 Å². The Kier molecular flexibility index (Phi) is 4.58. The molecule has 0 spiro atoms. The summed E-state index contributed by atoms with van der Waals surface area (Å²) in [6.45, 7) is 2.82. The molecule has 6 heteroatoms. The Labute approximate surface area is 109 Å². The quantitative estimate of drug-likeness (QED) is 0.642. The van der Waals surface area contributed by atoms with Crippen LogP contribution in [0.25, 0.3) is 0 Å². The number of furan rings is 1. The van der Waals surface area contributed by atoms with Crippen molar-refractivity contribution < 1.29 is 8.81 Å². The second-order valence-corrected chi connectivity index (χ2v) is 4.61. The summed E-state index contributed by atoms with van der Waals surface area (Å²) in [5.74, 6) is 1.39. The summed E-state index contributed by atoms with van der Waals surface area (Å²) in [6, 6.07) is 3.66. The Hall–Kier alpha value is -1.56. The summed E-state index contributed by atoms with van der Waals surface area (Å²) in [6.07, 6.45) is 3.76. The van der Waals surface area contributed by atoms with Gasteiger partial charge in [0, 0.05) is 6.54 Å². The molecule has 2 aromatic rings. The fraction of sp³-hybridized carbons (Fsp3) is 0.333. The van der Waals surface area contributed by atoms with Gasteiger partial charge in [-0.05, 0) is 18.6 Å². The minimum atomic E-state index is -0.409. The average molecular weight is 267 g/mol. The van der Waals surface area contributed by atoms with Crippen molar-refractivity contribution in [2.75, 3.05) is 11.9 Å². The van der Waals surface area contributed by atoms with Gasteiger partial charge in [-0.3, -0.25) is 0 Å². The van der Waals surface area contributed by atoms with Gasteiger partial charge >= 0.3 is 0 Å². The first-order valence-corrected chi connectivity index (χ1v) is 6.69. The molecule has 0 atom stereocenters. The number of anilines is 1. The van der Waals surface area contributed by atoms with Crippen LogP contribution in [0.5, 0.6) is 0 Å². The predicted octanol–water partition coefficient (Wildman–Crippen LogP) is 3.32. The lowest BCUT2D eigenvalue weighted by Gasteiger charge is -2.05. The monoisotopic (exact) mass is 267 g/mol. The highest BCUT2D eigenvalue weighted by atomic mass is 32.2. The third-order valence-corrected chi connectivity index (χ3v) is 3.16. The van der Waals surface area contributed by atoms with E-state index >= 15 is 0 Å². The van der Waals surface area contributed by atoms with Crippen molar-refractivity contribution in [3.8, 4) is 0 Å². The van der Waals surface area contributed by atoms with Crippen LogP contribution in [-0.2, 0) is 5.75 Å². The maximum Gasteiger partial charge on any atom is 0.223 e. The van der Waals surface area contributed by atoms with Crippen LogP contribution in [0.3, 0.4) is 0 Å². The van der Waals surface area contributed by atoms with Crippen LogP contribution in [-0.4, -0.2) is 16.5 Å². The zero-order valence-corrected chi connectivity index (χ0v) is 10.8. The number of nitrogens with one attached hydrogen (secondary N) is 1. The maximum absolute atomic E-state index is 13.5. The Bertz CT molecular complexity index is 490. The van der Waals surface area contributed by atoms with Gasteiger partial charge in [0.15, 0.2) is 5.82 Å². The molecule has 0 fully saturated rings. The third kappa shape index (κ3) is 3.46. The number of aromatic nitrogens is 2. The predicted molar refractivity (Wildman–Crippen MR) is 69.0 cm³/mol. The van der Waals surface area contributed by atoms with E-state index in [2.05, 4.69) is 15.3 Å². The molecular formula is C12H14FN3OS. The highest BCUT2D eigenvalue weighted by Crippen LogP contribution is 2.24. The minimum absolute atomic E-state index is 0.333. The summed E-state index contributed by atoms with van der Waals surface area (Å²) in [5.41, 5.74) is 0. The first-order valence-electron chi connectivity index (χ1n) is 5.71. The molecule has 0 aromatic carbocycles. The Balaban J connectivity index is 2.01. The first-order chi connectivity index (χ1) is 8.79. The SMILES string of the molecule is CCCNc1ncc(F)c(SCc2ccco2)n1. The van der Waals surface area contributed by atoms with Crippen molar-refractivity contribution in [3.05, 3.63) is 36.2 Å². The van der Waals surface area contributed by atoms with Gasteiger partial charge in [-0.1, -0.05) is 18.7 Å². The van der Waals surface area contributed by atoms with E-state index in [4.69, 9.17) is 4.42 Å². The summed E-state index contributed by atoms with van der Waals surface area (Å²) in [5, 5.41) is 3.36. The molecule has 0 saturated carbocycles. The Morgan fingerprint density at radius 1 is 1.50 bits per heavy atom. The second kappa shape index (κ2) is 6.39. The fourth-order valence-electron chi connectivity index (χ4n) is 1.31. The van der Waals surface area contributed by atoms with E-state index in [-0.39, 0.29) is 0 Å². The average Bonchev–Trinajstić information content (AvgIpc) is 2.89. The molecule has 18 heavy (non-hydrogen) atoms. The van der Waals surface area contributed by atoms with E-state index in [1.165, 1.54) is 18.0 Å². The molecule has 2 rings (SSSR count). The zero-order valence-electron chi connectivity index (χ0n) is 10.0. The Morgan fingerprint density at radius 2 is 2.39 bits per heavy atom. The van der Waals surface area contributed by atoms with Crippen molar-refractivity contribution in [2.24, 2.45) is 0 Å². The van der Waals surface area contributed by atoms with E-state index in [0.29, 0.717) is 16.7 Å². The van der Waals surface area contributed by atoms with Gasteiger partial charge in [-0.25, -0.2) is 14.4 Å². The molecule has 4 nitrogen and oxygen atoms in total. The van der Waals surface area contributed by atoms with Gasteiger partial charge in [0.25, 0.3) is 0 Å². The normalized spacial score (nSPS) is 10.6. The number of hydrogen-bond donors (Lipinski definition) is 1. The topological polar surface area (TPSA) is 51.0 Å². The lowest BCUT2D eigenvalue weighted by atomic mass is 10.5. The highest BCUT2D eigenvalue weighted by Gasteiger charge is 2.08. The number of rotatable bonds is 6. The molecule has 0 bridgehead atoms. The van der Waals surface area contributed by atoms with Crippen LogP contribution in [0.4, 0.5) is 10.3 Å². The molecule has 0 unspecified atom stereocenters. The van der Waals surface area contributed by atoms with Gasteiger partial charge in [0.1, 0.15) is 10.8 Å². The van der Waals surface area contributed by atoms with Gasteiger partial charge in [-0.2, -0.15) is 0 Å². The minimum Gasteiger partial charge on any atom is -0.468 e. The van der Waals surface area contributed by atoms with E-state index in [0.717, 1.165) is 18.7 Å². The van der Waals surface area contributed by atoms with Crippen LogP contribution >= 0.6 is 11.8 Å². The van der Waals surface area contributed by atoms with E-state index < -0.39 is 5.82 Å². The van der Waals surface area contributed by atoms with Crippen molar-refractivity contribution in [2.45, 2.75) is 24.1 Å². The number of hydrogen-bond acceptors (Lipinski definition) is 5. The van der Waals surface area contributed by atoms with Crippen LogP contribution in [0.2, 0.25) is 0 Å². The fourth-order valence-corrected chi connectivity index (χ4v) is 2.09. The molecule has 96 valence electrons. The third-order valence-electron chi connectivity index (χ3n) is 2.18. The number of nitrogens with zero attached hydrogens (tertiary/aromatic N) is 2. The standard InChI is InChI=1S/C12H14FN3OS/c1-2-5-14-12-15-7-10(13)11(16-12)18-8-9-4-3-6-17-9/h3-4,6-7H,2,5,8H2,1H3,(H,14,15,16). The maximum atomic E-state index is 13.5. The molecule has 2 aromatic heterocycles. The van der Waals surface area contributed by atoms with Crippen molar-refractivity contribution in [3.63, 3.8) is 0 Å². The van der Waals surface area contributed by atoms with E-state index in [1.54, 1.807) is 12.3 Å². The van der Waals surface area contributed by atoms with Gasteiger partial charge < -0.3 is 9.73 Å². The molecular weight excluding hydrogens is 253 g/mol. The molecule has 1 N–H and O–H groups in total. The highest BCUT2D eigenvalue weighted by molar-refractivity contribution is 7.98. The molecule has 0 radical (unpaired) electrons. The van der Waals surface area contributed by atoms with Crippen LogP contribution in [0, 0.1) is 5.82 Å². The van der Waals surface area contributed by atoms with Crippen LogP contribution < -0.4 is 5.32 Å². The van der Waals surface area contributed by atoms with Gasteiger partial charge in [-0.15, -0.1) is 0 Å². The van der Waals surface area contributed by atoms with E-state index in [1.807, 2.05) is 13.0 Å². The number of thioether (sulfide) groups is 1. The smallest absolute Gasteiger partial charge is 0.223 e. The summed E-state index contributed by atoms with van der Waals surface area (Å²) in [4.78, 5) is 8.02. The van der Waals surface area contributed by atoms with Crippen LogP contribution in [0.1, 0.15) is 19.1 Å². The van der Waals surface area contributed by atoms with Crippen LogP contribution in [0.15, 0.2) is 34.0 Å². The molecule has 0 saturated heterocycles. The second-order valence-electron chi connectivity index (χ2n) is 3.64. The largest absolute Gasteiger partial charge is 0.468 e. The van der Waals surface area contributed by atoms with Gasteiger partial charge in [0.2, 0.25) is 5.95 Å². The van der Waals surface area contributed by atoms with E-state index in [9.17, 15) is 4.39 Å². The molecule has 0 aliphatic heterocycles. The Morgan fingerprint density at radius 3 is 3.11 bits per heavy atom. The molecule has 0 amide bonds. The summed E-state index contributed by atoms with van der Waals surface area (Å²) in [7, 11) is 0. The molecule has 0 aliphatic rings. The lowest BCUT2D eigenvalue weighted by molar-refractivity contribution is 0.529. The summed E-state index contributed by atoms with van der Waals surface area (Å²) < 4.78 is 18.7. The van der Waals surface area contributed by atoms with Crippen molar-refractivity contribution >= 4 is 17.7 Å². The van der Waals surface area contributed by atoms with Gasteiger partial charge in [0.05, 0.1) is 18.2 Å². The lowest BCUT2D eigenvalue weighted by Crippen LogP contribution is -2.05. The molecule has 2 heterocycles. The summed E-state index contributed by atoms with van der Waals surface area (Å²) >= 11 is 1.29. The molecule has 0 aliphatic carbocycles. The zero-order chi connectivity index (χ0) is 12.8. The number of halogens is 1. The first kappa shape index (κ1) is 12.9.